The molecule has 0 saturated carbocycles. The molecule has 0 spiro atoms. The quantitative estimate of drug-likeness (QED) is 0.759. The Morgan fingerprint density at radius 1 is 1.06 bits per heavy atom. The van der Waals surface area contributed by atoms with Gasteiger partial charge >= 0.3 is 0 Å². The van der Waals surface area contributed by atoms with Gasteiger partial charge in [-0.1, -0.05) is 0 Å². The van der Waals surface area contributed by atoms with Crippen LogP contribution in [0.2, 0.25) is 0 Å². The molecule has 0 amide bonds. The molecule has 1 heterocycles. The van der Waals surface area contributed by atoms with E-state index in [1.54, 1.807) is 0 Å². The van der Waals surface area contributed by atoms with Crippen LogP contribution in [-0.4, -0.2) is 0 Å². The molecule has 3 heteroatoms. The van der Waals surface area contributed by atoms with E-state index in [0.29, 0.717) is 0 Å². The number of hydrogen-bond donors (Lipinski definition) is 1. The van der Waals surface area contributed by atoms with Gasteiger partial charge in [-0.15, -0.1) is 11.3 Å². The number of hydrogen-bond acceptors (Lipinski definition) is 2. The lowest BCUT2D eigenvalue weighted by Crippen LogP contribution is -1.92. The van der Waals surface area contributed by atoms with Crippen LogP contribution in [0.5, 0.6) is 0 Å². The third-order valence-electron chi connectivity index (χ3n) is 2.67. The SMILES string of the molecule is Cc1cc(Br)c(-c2cc(C)c(N)cc2C)s1. The molecule has 0 saturated heterocycles. The molecule has 0 fully saturated rings. The van der Waals surface area contributed by atoms with E-state index in [0.717, 1.165) is 11.3 Å². The van der Waals surface area contributed by atoms with Crippen molar-refractivity contribution in [2.75, 3.05) is 5.73 Å². The van der Waals surface area contributed by atoms with Crippen molar-refractivity contribution < 1.29 is 0 Å². The molecule has 2 rings (SSSR count). The summed E-state index contributed by atoms with van der Waals surface area (Å²) in [5.41, 5.74) is 10.4. The van der Waals surface area contributed by atoms with Gasteiger partial charge in [0.25, 0.3) is 0 Å². The molecule has 0 atom stereocenters. The van der Waals surface area contributed by atoms with Crippen molar-refractivity contribution in [1.29, 1.82) is 0 Å². The molecule has 0 aliphatic rings. The minimum Gasteiger partial charge on any atom is -0.399 e. The number of thiophene rings is 1. The molecular weight excluding hydrogens is 282 g/mol. The maximum Gasteiger partial charge on any atom is 0.0490 e. The Bertz CT molecular complexity index is 543. The highest BCUT2D eigenvalue weighted by atomic mass is 79.9. The summed E-state index contributed by atoms with van der Waals surface area (Å²) >= 11 is 5.42. The molecule has 2 N–H and O–H groups in total. The summed E-state index contributed by atoms with van der Waals surface area (Å²) in [5, 5.41) is 0. The maximum atomic E-state index is 5.90. The van der Waals surface area contributed by atoms with Crippen molar-refractivity contribution >= 4 is 33.0 Å². The van der Waals surface area contributed by atoms with E-state index in [1.165, 1.54) is 25.4 Å². The van der Waals surface area contributed by atoms with E-state index in [-0.39, 0.29) is 0 Å². The van der Waals surface area contributed by atoms with Crippen LogP contribution < -0.4 is 5.73 Å². The van der Waals surface area contributed by atoms with Gasteiger partial charge in [0.1, 0.15) is 0 Å². The van der Waals surface area contributed by atoms with Crippen molar-refractivity contribution in [2.45, 2.75) is 20.8 Å². The average molecular weight is 296 g/mol. The third kappa shape index (κ3) is 2.02. The molecule has 84 valence electrons. The van der Waals surface area contributed by atoms with Crippen molar-refractivity contribution in [2.24, 2.45) is 0 Å². The van der Waals surface area contributed by atoms with Crippen molar-refractivity contribution in [3.63, 3.8) is 0 Å². The van der Waals surface area contributed by atoms with Crippen LogP contribution in [0.4, 0.5) is 5.69 Å². The van der Waals surface area contributed by atoms with Gasteiger partial charge in [-0.25, -0.2) is 0 Å². The zero-order valence-electron chi connectivity index (χ0n) is 9.60. The highest BCUT2D eigenvalue weighted by molar-refractivity contribution is 9.10. The zero-order chi connectivity index (χ0) is 11.9. The van der Waals surface area contributed by atoms with E-state index in [1.807, 2.05) is 24.3 Å². The van der Waals surface area contributed by atoms with Crippen LogP contribution >= 0.6 is 27.3 Å². The van der Waals surface area contributed by atoms with Gasteiger partial charge in [0.2, 0.25) is 0 Å². The lowest BCUT2D eigenvalue weighted by molar-refractivity contribution is 1.40. The summed E-state index contributed by atoms with van der Waals surface area (Å²) in [5.74, 6) is 0. The zero-order valence-corrected chi connectivity index (χ0v) is 12.0. The lowest BCUT2D eigenvalue weighted by Gasteiger charge is -2.08. The molecule has 0 aliphatic heterocycles. The topological polar surface area (TPSA) is 26.0 Å². The fraction of sp³-hybridized carbons (Fsp3) is 0.231. The van der Waals surface area contributed by atoms with E-state index >= 15 is 0 Å². The lowest BCUT2D eigenvalue weighted by atomic mass is 10.0. The molecule has 1 aromatic heterocycles. The Morgan fingerprint density at radius 3 is 2.31 bits per heavy atom. The monoisotopic (exact) mass is 295 g/mol. The molecule has 0 unspecified atom stereocenters. The molecule has 0 bridgehead atoms. The minimum absolute atomic E-state index is 0.866. The molecular formula is C13H14BrNS. The summed E-state index contributed by atoms with van der Waals surface area (Å²) in [6.45, 7) is 6.28. The summed E-state index contributed by atoms with van der Waals surface area (Å²) < 4.78 is 1.17. The average Bonchev–Trinajstić information content (AvgIpc) is 2.51. The van der Waals surface area contributed by atoms with Crippen LogP contribution in [-0.2, 0) is 0 Å². The van der Waals surface area contributed by atoms with E-state index < -0.39 is 0 Å². The van der Waals surface area contributed by atoms with Crippen molar-refractivity contribution in [1.82, 2.24) is 0 Å². The van der Waals surface area contributed by atoms with Crippen molar-refractivity contribution in [3.8, 4) is 10.4 Å². The van der Waals surface area contributed by atoms with Gasteiger partial charge in [0, 0.05) is 19.9 Å². The first kappa shape index (κ1) is 11.7. The molecule has 1 aromatic carbocycles. The smallest absolute Gasteiger partial charge is 0.0490 e. The molecule has 2 aromatic rings. The second-order valence-corrected chi connectivity index (χ2v) is 6.17. The summed E-state index contributed by atoms with van der Waals surface area (Å²) in [6.07, 6.45) is 0. The van der Waals surface area contributed by atoms with Gasteiger partial charge < -0.3 is 5.73 Å². The molecule has 0 aliphatic carbocycles. The molecule has 0 radical (unpaired) electrons. The number of nitrogen functional groups attached to an aromatic ring is 1. The number of aryl methyl sites for hydroxylation is 3. The largest absolute Gasteiger partial charge is 0.399 e. The second-order valence-electron chi connectivity index (χ2n) is 4.06. The van der Waals surface area contributed by atoms with Gasteiger partial charge in [-0.2, -0.15) is 0 Å². The number of anilines is 1. The Morgan fingerprint density at radius 2 is 1.75 bits per heavy atom. The summed E-state index contributed by atoms with van der Waals surface area (Å²) in [4.78, 5) is 2.61. The van der Waals surface area contributed by atoms with Crippen LogP contribution in [0.3, 0.4) is 0 Å². The third-order valence-corrected chi connectivity index (χ3v) is 4.64. The Balaban J connectivity index is 2.64. The van der Waals surface area contributed by atoms with Gasteiger partial charge in [-0.3, -0.25) is 0 Å². The van der Waals surface area contributed by atoms with Crippen LogP contribution in [0.1, 0.15) is 16.0 Å². The van der Waals surface area contributed by atoms with Gasteiger partial charge in [-0.05, 0) is 71.6 Å². The normalized spacial score (nSPS) is 10.8. The fourth-order valence-electron chi connectivity index (χ4n) is 1.75. The first-order valence-corrected chi connectivity index (χ1v) is 6.73. The standard InChI is InChI=1S/C13H14BrNS/c1-7-5-12(15)8(2)4-10(7)13-11(14)6-9(3)16-13/h4-6H,15H2,1-3H3. The van der Waals surface area contributed by atoms with E-state index in [9.17, 15) is 0 Å². The highest BCUT2D eigenvalue weighted by Crippen LogP contribution is 2.38. The number of nitrogens with two attached hydrogens (primary N) is 1. The van der Waals surface area contributed by atoms with Crippen LogP contribution in [0, 0.1) is 20.8 Å². The van der Waals surface area contributed by atoms with Crippen LogP contribution in [0.15, 0.2) is 22.7 Å². The van der Waals surface area contributed by atoms with Gasteiger partial charge in [0.05, 0.1) is 0 Å². The predicted octanol–water partition coefficient (Wildman–Crippen LogP) is 4.69. The fourth-order valence-corrected chi connectivity index (χ4v) is 3.69. The van der Waals surface area contributed by atoms with E-state index in [2.05, 4.69) is 41.9 Å². The predicted molar refractivity (Wildman–Crippen MR) is 76.1 cm³/mol. The number of benzene rings is 1. The van der Waals surface area contributed by atoms with Crippen molar-refractivity contribution in [3.05, 3.63) is 38.7 Å². The van der Waals surface area contributed by atoms with Gasteiger partial charge in [0.15, 0.2) is 0 Å². The minimum atomic E-state index is 0.866. The molecule has 16 heavy (non-hydrogen) atoms. The number of rotatable bonds is 1. The number of halogens is 1. The van der Waals surface area contributed by atoms with Crippen LogP contribution in [0.25, 0.3) is 10.4 Å². The van der Waals surface area contributed by atoms with E-state index in [4.69, 9.17) is 5.73 Å². The highest BCUT2D eigenvalue weighted by Gasteiger charge is 2.11. The second kappa shape index (κ2) is 4.22. The Hall–Kier alpha value is -0.800. The first-order chi connectivity index (χ1) is 7.49. The Kier molecular flexibility index (Phi) is 3.08. The summed E-state index contributed by atoms with van der Waals surface area (Å²) in [6, 6.07) is 6.37. The first-order valence-electron chi connectivity index (χ1n) is 5.12. The Labute approximate surface area is 108 Å². The maximum absolute atomic E-state index is 5.90. The molecule has 1 nitrogen and oxygen atoms in total. The summed E-state index contributed by atoms with van der Waals surface area (Å²) in [7, 11) is 0.